The number of halogens is 1. The molecule has 3 N–H and O–H groups in total. The van der Waals surface area contributed by atoms with Crippen LogP contribution in [0, 0.1) is 3.57 Å². The summed E-state index contributed by atoms with van der Waals surface area (Å²) < 4.78 is 1.04. The molecule has 1 aromatic rings. The lowest BCUT2D eigenvalue weighted by atomic mass is 10.3. The maximum Gasteiger partial charge on any atom is 0.304 e. The lowest BCUT2D eigenvalue weighted by molar-refractivity contribution is -0.137. The highest BCUT2D eigenvalue weighted by Gasteiger charge is 2.02. The number of anilines is 1. The Hall–Kier alpha value is -1.15. The highest BCUT2D eigenvalue weighted by Crippen LogP contribution is 2.11. The first-order valence-corrected chi connectivity index (χ1v) is 6.14. The molecule has 0 aliphatic carbocycles. The number of carbonyl (C=O) groups is 2. The Labute approximate surface area is 113 Å². The van der Waals surface area contributed by atoms with Gasteiger partial charge in [0.25, 0.3) is 0 Å². The molecule has 1 aromatic carbocycles. The van der Waals surface area contributed by atoms with Gasteiger partial charge in [-0.1, -0.05) is 6.07 Å². The Morgan fingerprint density at radius 3 is 2.76 bits per heavy atom. The monoisotopic (exact) mass is 348 g/mol. The fourth-order valence-corrected chi connectivity index (χ4v) is 1.71. The van der Waals surface area contributed by atoms with Crippen LogP contribution in [0.2, 0.25) is 0 Å². The van der Waals surface area contributed by atoms with Crippen LogP contribution in [0.25, 0.3) is 0 Å². The van der Waals surface area contributed by atoms with Gasteiger partial charge in [-0.3, -0.25) is 9.59 Å². The molecule has 0 bridgehead atoms. The minimum Gasteiger partial charge on any atom is -0.481 e. The van der Waals surface area contributed by atoms with E-state index in [0.717, 1.165) is 9.26 Å². The van der Waals surface area contributed by atoms with Crippen molar-refractivity contribution >= 4 is 40.2 Å². The van der Waals surface area contributed by atoms with E-state index in [4.69, 9.17) is 5.11 Å². The van der Waals surface area contributed by atoms with Crippen LogP contribution in [0.3, 0.4) is 0 Å². The molecular formula is C11H13IN2O3. The number of carboxylic acid groups (broad SMARTS) is 1. The van der Waals surface area contributed by atoms with Crippen molar-refractivity contribution in [2.75, 3.05) is 18.4 Å². The lowest BCUT2D eigenvalue weighted by Crippen LogP contribution is -2.29. The molecule has 1 rings (SSSR count). The van der Waals surface area contributed by atoms with Gasteiger partial charge >= 0.3 is 5.97 Å². The molecule has 0 spiro atoms. The third kappa shape index (κ3) is 6.22. The molecule has 0 atom stereocenters. The molecule has 0 saturated carbocycles. The van der Waals surface area contributed by atoms with Gasteiger partial charge < -0.3 is 15.7 Å². The third-order valence-corrected chi connectivity index (χ3v) is 2.58. The molecule has 0 saturated heterocycles. The van der Waals surface area contributed by atoms with Crippen LogP contribution in [0.1, 0.15) is 6.42 Å². The summed E-state index contributed by atoms with van der Waals surface area (Å²) >= 11 is 2.16. The molecule has 17 heavy (non-hydrogen) atoms. The van der Waals surface area contributed by atoms with Crippen molar-refractivity contribution in [2.24, 2.45) is 0 Å². The van der Waals surface area contributed by atoms with Crippen molar-refractivity contribution in [1.29, 1.82) is 0 Å². The number of carboxylic acids is 1. The van der Waals surface area contributed by atoms with E-state index in [1.807, 2.05) is 18.2 Å². The van der Waals surface area contributed by atoms with Gasteiger partial charge in [0.1, 0.15) is 0 Å². The molecule has 0 fully saturated rings. The van der Waals surface area contributed by atoms with Gasteiger partial charge in [0.15, 0.2) is 0 Å². The minimum atomic E-state index is -0.879. The first kappa shape index (κ1) is 13.9. The van der Waals surface area contributed by atoms with Crippen LogP contribution in [0.4, 0.5) is 5.69 Å². The van der Waals surface area contributed by atoms with Crippen LogP contribution < -0.4 is 10.6 Å². The topological polar surface area (TPSA) is 78.4 Å². The number of amides is 1. The van der Waals surface area contributed by atoms with Crippen molar-refractivity contribution < 1.29 is 14.7 Å². The van der Waals surface area contributed by atoms with Crippen LogP contribution in [0.15, 0.2) is 24.3 Å². The molecule has 0 heterocycles. The van der Waals surface area contributed by atoms with Gasteiger partial charge in [0.05, 0.1) is 13.0 Å². The number of benzene rings is 1. The summed E-state index contributed by atoms with van der Waals surface area (Å²) in [7, 11) is 0. The summed E-state index contributed by atoms with van der Waals surface area (Å²) in [6.45, 7) is 0.397. The molecule has 1 amide bonds. The molecule has 0 aliphatic rings. The van der Waals surface area contributed by atoms with Crippen LogP contribution >= 0.6 is 22.6 Å². The van der Waals surface area contributed by atoms with Gasteiger partial charge in [-0.05, 0) is 40.8 Å². The number of hydrogen-bond acceptors (Lipinski definition) is 3. The molecule has 6 heteroatoms. The number of nitrogens with one attached hydrogen (secondary N) is 2. The average Bonchev–Trinajstić information content (AvgIpc) is 2.24. The molecule has 92 valence electrons. The van der Waals surface area contributed by atoms with Crippen molar-refractivity contribution in [3.63, 3.8) is 0 Å². The zero-order valence-corrected chi connectivity index (χ0v) is 11.2. The predicted molar refractivity (Wildman–Crippen MR) is 72.9 cm³/mol. The fraction of sp³-hybridized carbons (Fsp3) is 0.273. The van der Waals surface area contributed by atoms with E-state index in [1.165, 1.54) is 0 Å². The first-order chi connectivity index (χ1) is 8.08. The molecule has 0 aromatic heterocycles. The second-order valence-electron chi connectivity index (χ2n) is 3.38. The summed E-state index contributed by atoms with van der Waals surface area (Å²) in [4.78, 5) is 21.7. The highest BCUT2D eigenvalue weighted by atomic mass is 127. The maximum absolute atomic E-state index is 11.4. The number of rotatable bonds is 6. The SMILES string of the molecule is O=C(O)CCNCC(=O)Nc1cccc(I)c1. The average molecular weight is 348 g/mol. The van der Waals surface area contributed by atoms with Crippen LogP contribution in [-0.2, 0) is 9.59 Å². The molecule has 0 radical (unpaired) electrons. The number of aliphatic carboxylic acids is 1. The standard InChI is InChI=1S/C11H13IN2O3/c12-8-2-1-3-9(6-8)14-10(15)7-13-5-4-11(16)17/h1-3,6,13H,4-5,7H2,(H,14,15)(H,16,17). The summed E-state index contributed by atoms with van der Waals surface area (Å²) in [5, 5.41) is 13.9. The Bertz CT molecular complexity index is 409. The first-order valence-electron chi connectivity index (χ1n) is 5.06. The van der Waals surface area contributed by atoms with E-state index in [-0.39, 0.29) is 25.4 Å². The number of hydrogen-bond donors (Lipinski definition) is 3. The summed E-state index contributed by atoms with van der Waals surface area (Å²) in [6.07, 6.45) is 0.0104. The number of carbonyl (C=O) groups excluding carboxylic acids is 1. The Balaban J connectivity index is 2.27. The summed E-state index contributed by atoms with van der Waals surface area (Å²) in [5.41, 5.74) is 0.738. The highest BCUT2D eigenvalue weighted by molar-refractivity contribution is 14.1. The summed E-state index contributed by atoms with van der Waals surface area (Å²) in [5.74, 6) is -1.06. The Morgan fingerprint density at radius 1 is 1.35 bits per heavy atom. The van der Waals surface area contributed by atoms with E-state index in [1.54, 1.807) is 6.07 Å². The predicted octanol–water partition coefficient (Wildman–Crippen LogP) is 1.29. The fourth-order valence-electron chi connectivity index (χ4n) is 1.17. The largest absolute Gasteiger partial charge is 0.481 e. The maximum atomic E-state index is 11.4. The quantitative estimate of drug-likeness (QED) is 0.535. The van der Waals surface area contributed by atoms with Crippen molar-refractivity contribution in [1.82, 2.24) is 5.32 Å². The summed E-state index contributed by atoms with van der Waals surface area (Å²) in [6, 6.07) is 7.45. The van der Waals surface area contributed by atoms with E-state index in [2.05, 4.69) is 33.2 Å². The molecular weight excluding hydrogens is 335 g/mol. The normalized spacial score (nSPS) is 9.94. The molecule has 0 unspecified atom stereocenters. The molecule has 5 nitrogen and oxygen atoms in total. The van der Waals surface area contributed by atoms with E-state index >= 15 is 0 Å². The van der Waals surface area contributed by atoms with E-state index < -0.39 is 5.97 Å². The van der Waals surface area contributed by atoms with Gasteiger partial charge in [-0.25, -0.2) is 0 Å². The van der Waals surface area contributed by atoms with Crippen molar-refractivity contribution in [3.8, 4) is 0 Å². The van der Waals surface area contributed by atoms with Gasteiger partial charge in [0, 0.05) is 15.8 Å². The van der Waals surface area contributed by atoms with Gasteiger partial charge in [-0.2, -0.15) is 0 Å². The second kappa shape index (κ2) is 7.23. The second-order valence-corrected chi connectivity index (χ2v) is 4.62. The minimum absolute atomic E-state index is 0.0104. The smallest absolute Gasteiger partial charge is 0.304 e. The zero-order valence-electron chi connectivity index (χ0n) is 9.07. The van der Waals surface area contributed by atoms with Crippen LogP contribution in [-0.4, -0.2) is 30.1 Å². The third-order valence-electron chi connectivity index (χ3n) is 1.91. The Morgan fingerprint density at radius 2 is 2.12 bits per heavy atom. The van der Waals surface area contributed by atoms with Gasteiger partial charge in [0.2, 0.25) is 5.91 Å². The van der Waals surface area contributed by atoms with Crippen molar-refractivity contribution in [2.45, 2.75) is 6.42 Å². The lowest BCUT2D eigenvalue weighted by Gasteiger charge is -2.06. The van der Waals surface area contributed by atoms with Crippen molar-refractivity contribution in [3.05, 3.63) is 27.8 Å². The van der Waals surface area contributed by atoms with Crippen LogP contribution in [0.5, 0.6) is 0 Å². The molecule has 0 aliphatic heterocycles. The zero-order chi connectivity index (χ0) is 12.7. The van der Waals surface area contributed by atoms with E-state index in [0.29, 0.717) is 0 Å². The van der Waals surface area contributed by atoms with Gasteiger partial charge in [-0.15, -0.1) is 0 Å². The Kier molecular flexibility index (Phi) is 5.92. The van der Waals surface area contributed by atoms with E-state index in [9.17, 15) is 9.59 Å².